The number of piperidine rings is 1. The molecule has 5 heteroatoms. The first-order chi connectivity index (χ1) is 9.48. The molecule has 0 unspecified atom stereocenters. The highest BCUT2D eigenvalue weighted by molar-refractivity contribution is 5.75. The van der Waals surface area contributed by atoms with Crippen molar-refractivity contribution in [3.63, 3.8) is 0 Å². The van der Waals surface area contributed by atoms with Crippen molar-refractivity contribution in [1.82, 2.24) is 10.2 Å². The van der Waals surface area contributed by atoms with E-state index in [0.717, 1.165) is 19.3 Å². The molecule has 0 saturated carbocycles. The number of hydrogen-bond donors (Lipinski definition) is 2. The number of nitrogens with zero attached hydrogens (tertiary/aromatic N) is 1. The lowest BCUT2D eigenvalue weighted by Gasteiger charge is -2.37. The van der Waals surface area contributed by atoms with Crippen LogP contribution in [0, 0.1) is 11.3 Å². The van der Waals surface area contributed by atoms with Gasteiger partial charge in [0, 0.05) is 25.0 Å². The van der Waals surface area contributed by atoms with Crippen molar-refractivity contribution in [2.24, 2.45) is 11.3 Å². The second-order valence-electron chi connectivity index (χ2n) is 8.08. The quantitative estimate of drug-likeness (QED) is 0.838. The summed E-state index contributed by atoms with van der Waals surface area (Å²) < 4.78 is 0. The largest absolute Gasteiger partial charge is 0.481 e. The van der Waals surface area contributed by atoms with Crippen LogP contribution in [0.1, 0.15) is 60.3 Å². The summed E-state index contributed by atoms with van der Waals surface area (Å²) in [7, 11) is 0. The number of hydrogen-bond acceptors (Lipinski definition) is 2. The van der Waals surface area contributed by atoms with Crippen molar-refractivity contribution in [3.05, 3.63) is 0 Å². The van der Waals surface area contributed by atoms with Crippen molar-refractivity contribution in [1.29, 1.82) is 0 Å². The highest BCUT2D eigenvalue weighted by Gasteiger charge is 2.30. The predicted octanol–water partition coefficient (Wildman–Crippen LogP) is 3.10. The van der Waals surface area contributed by atoms with Crippen LogP contribution in [0.25, 0.3) is 0 Å². The van der Waals surface area contributed by atoms with Gasteiger partial charge in [-0.2, -0.15) is 0 Å². The SMILES string of the molecule is CC(C)(C)CC(C)(C)NC(=O)N1CCC(CC(=O)O)CC1. The molecule has 1 saturated heterocycles. The van der Waals surface area contributed by atoms with Gasteiger partial charge in [-0.1, -0.05) is 20.8 Å². The second kappa shape index (κ2) is 6.67. The van der Waals surface area contributed by atoms with Crippen LogP contribution < -0.4 is 5.32 Å². The van der Waals surface area contributed by atoms with E-state index in [1.807, 2.05) is 18.7 Å². The van der Waals surface area contributed by atoms with Gasteiger partial charge in [-0.3, -0.25) is 4.79 Å². The minimum Gasteiger partial charge on any atom is -0.481 e. The van der Waals surface area contributed by atoms with Crippen LogP contribution in [0.3, 0.4) is 0 Å². The van der Waals surface area contributed by atoms with Gasteiger partial charge in [-0.25, -0.2) is 4.79 Å². The van der Waals surface area contributed by atoms with Crippen molar-refractivity contribution in [2.45, 2.75) is 65.8 Å². The van der Waals surface area contributed by atoms with Crippen molar-refractivity contribution in [2.75, 3.05) is 13.1 Å². The van der Waals surface area contributed by atoms with Crippen molar-refractivity contribution in [3.8, 4) is 0 Å². The van der Waals surface area contributed by atoms with Crippen LogP contribution in [-0.4, -0.2) is 40.6 Å². The van der Waals surface area contributed by atoms with Gasteiger partial charge in [0.05, 0.1) is 0 Å². The molecule has 122 valence electrons. The van der Waals surface area contributed by atoms with Crippen LogP contribution in [-0.2, 0) is 4.79 Å². The van der Waals surface area contributed by atoms with Gasteiger partial charge >= 0.3 is 12.0 Å². The van der Waals surface area contributed by atoms with Gasteiger partial charge in [-0.05, 0) is 44.4 Å². The van der Waals surface area contributed by atoms with E-state index in [4.69, 9.17) is 5.11 Å². The monoisotopic (exact) mass is 298 g/mol. The Morgan fingerprint density at radius 1 is 1.14 bits per heavy atom. The van der Waals surface area contributed by atoms with Gasteiger partial charge in [0.15, 0.2) is 0 Å². The van der Waals surface area contributed by atoms with E-state index < -0.39 is 5.97 Å². The van der Waals surface area contributed by atoms with Gasteiger partial charge < -0.3 is 15.3 Å². The van der Waals surface area contributed by atoms with E-state index >= 15 is 0 Å². The molecule has 2 N–H and O–H groups in total. The van der Waals surface area contributed by atoms with E-state index in [1.165, 1.54) is 0 Å². The smallest absolute Gasteiger partial charge is 0.317 e. The molecule has 1 aliphatic heterocycles. The van der Waals surface area contributed by atoms with E-state index in [9.17, 15) is 9.59 Å². The van der Waals surface area contributed by atoms with Gasteiger partial charge in [-0.15, -0.1) is 0 Å². The lowest BCUT2D eigenvalue weighted by atomic mass is 9.82. The molecule has 1 rings (SSSR count). The minimum atomic E-state index is -0.746. The Balaban J connectivity index is 2.45. The van der Waals surface area contributed by atoms with E-state index in [-0.39, 0.29) is 29.3 Å². The number of carbonyl (C=O) groups excluding carboxylic acids is 1. The molecule has 2 amide bonds. The fourth-order valence-corrected chi connectivity index (χ4v) is 3.33. The van der Waals surface area contributed by atoms with Crippen molar-refractivity contribution >= 4 is 12.0 Å². The number of likely N-dealkylation sites (tertiary alicyclic amines) is 1. The third-order valence-corrected chi connectivity index (χ3v) is 3.78. The molecule has 0 aromatic heterocycles. The van der Waals surface area contributed by atoms with Gasteiger partial charge in [0.25, 0.3) is 0 Å². The Hall–Kier alpha value is -1.26. The first kappa shape index (κ1) is 17.8. The van der Waals surface area contributed by atoms with E-state index in [2.05, 4.69) is 26.1 Å². The lowest BCUT2D eigenvalue weighted by molar-refractivity contribution is -0.138. The summed E-state index contributed by atoms with van der Waals surface area (Å²) in [5, 5.41) is 11.9. The summed E-state index contributed by atoms with van der Waals surface area (Å²) >= 11 is 0. The normalized spacial score (nSPS) is 17.7. The third kappa shape index (κ3) is 6.82. The number of nitrogens with one attached hydrogen (secondary N) is 1. The maximum Gasteiger partial charge on any atom is 0.317 e. The predicted molar refractivity (Wildman–Crippen MR) is 83.2 cm³/mol. The Morgan fingerprint density at radius 3 is 2.10 bits per heavy atom. The number of carboxylic acid groups (broad SMARTS) is 1. The molecule has 0 aromatic carbocycles. The van der Waals surface area contributed by atoms with Crippen LogP contribution in [0.2, 0.25) is 0 Å². The first-order valence-electron chi connectivity index (χ1n) is 7.77. The zero-order valence-electron chi connectivity index (χ0n) is 14.0. The molecule has 21 heavy (non-hydrogen) atoms. The fraction of sp³-hybridized carbons (Fsp3) is 0.875. The van der Waals surface area contributed by atoms with Crippen LogP contribution >= 0.6 is 0 Å². The van der Waals surface area contributed by atoms with Crippen LogP contribution in [0.15, 0.2) is 0 Å². The number of carboxylic acids is 1. The Bertz CT molecular complexity index is 377. The highest BCUT2D eigenvalue weighted by Crippen LogP contribution is 2.27. The molecule has 0 radical (unpaired) electrons. The number of amides is 2. The molecule has 0 atom stereocenters. The molecule has 0 spiro atoms. The Morgan fingerprint density at radius 2 is 1.67 bits per heavy atom. The summed E-state index contributed by atoms with van der Waals surface area (Å²) in [6.45, 7) is 11.9. The molecule has 1 fully saturated rings. The maximum absolute atomic E-state index is 12.3. The summed E-state index contributed by atoms with van der Waals surface area (Å²) in [4.78, 5) is 24.8. The second-order valence-corrected chi connectivity index (χ2v) is 8.08. The topological polar surface area (TPSA) is 69.6 Å². The van der Waals surface area contributed by atoms with E-state index in [1.54, 1.807) is 0 Å². The standard InChI is InChI=1S/C16H30N2O3/c1-15(2,3)11-16(4,5)17-14(21)18-8-6-12(7-9-18)10-13(19)20/h12H,6-11H2,1-5H3,(H,17,21)(H,19,20). The van der Waals surface area contributed by atoms with Gasteiger partial charge in [0.1, 0.15) is 0 Å². The number of aliphatic carboxylic acids is 1. The summed E-state index contributed by atoms with van der Waals surface area (Å²) in [5.74, 6) is -0.543. The van der Waals surface area contributed by atoms with Crippen molar-refractivity contribution < 1.29 is 14.7 Å². The van der Waals surface area contributed by atoms with Gasteiger partial charge in [0.2, 0.25) is 0 Å². The number of carbonyl (C=O) groups is 2. The fourth-order valence-electron chi connectivity index (χ4n) is 3.33. The van der Waals surface area contributed by atoms with Crippen LogP contribution in [0.4, 0.5) is 4.79 Å². The first-order valence-corrected chi connectivity index (χ1v) is 7.77. The number of urea groups is 1. The minimum absolute atomic E-state index is 0.0296. The molecule has 0 bridgehead atoms. The molecule has 1 aliphatic rings. The third-order valence-electron chi connectivity index (χ3n) is 3.78. The zero-order chi connectivity index (χ0) is 16.3. The molecular weight excluding hydrogens is 268 g/mol. The Labute approximate surface area is 128 Å². The summed E-state index contributed by atoms with van der Waals surface area (Å²) in [6, 6.07) is -0.0296. The number of rotatable bonds is 4. The molecule has 0 aromatic rings. The molecule has 5 nitrogen and oxygen atoms in total. The molecular formula is C16H30N2O3. The lowest BCUT2D eigenvalue weighted by Crippen LogP contribution is -2.53. The Kier molecular flexibility index (Phi) is 5.65. The summed E-state index contributed by atoms with van der Waals surface area (Å²) in [5.41, 5.74) is -0.0848. The zero-order valence-corrected chi connectivity index (χ0v) is 14.0. The summed E-state index contributed by atoms with van der Waals surface area (Å²) in [6.07, 6.45) is 2.67. The average Bonchev–Trinajstić information content (AvgIpc) is 2.24. The van der Waals surface area contributed by atoms with Crippen LogP contribution in [0.5, 0.6) is 0 Å². The molecule has 0 aliphatic carbocycles. The highest BCUT2D eigenvalue weighted by atomic mass is 16.4. The maximum atomic E-state index is 12.3. The molecule has 1 heterocycles. The van der Waals surface area contributed by atoms with E-state index in [0.29, 0.717) is 13.1 Å². The average molecular weight is 298 g/mol.